The number of carbonyl (C=O) groups is 2. The van der Waals surface area contributed by atoms with Crippen molar-refractivity contribution in [3.63, 3.8) is 0 Å². The van der Waals surface area contributed by atoms with E-state index in [4.69, 9.17) is 14.6 Å². The maximum absolute atomic E-state index is 12.5. The summed E-state index contributed by atoms with van der Waals surface area (Å²) < 4.78 is 36.9. The van der Waals surface area contributed by atoms with Crippen molar-refractivity contribution in [3.8, 4) is 0 Å². The third-order valence-corrected chi connectivity index (χ3v) is 6.05. The molecule has 1 aromatic rings. The molecule has 0 spiro atoms. The standard InChI is InChI=1S/C24H40N2O3.C2HF3O2/c1-3-4-5-6-7-10-23(27)25-22(19-26-16-8-9-17-26)24(28)21-13-11-20(12-14-21)15-18-29-2;3-2(4,5)1(6)7/h11-14,22,24,28H,3-10,15-19H2,1-2H3,(H,25,27);(H,6,7)/t22-,24-;/m1./s1. The SMILES string of the molecule is CCCCCCCC(=O)N[C@H](CN1CCCC1)[C@H](O)c1ccc(CCOC)cc1.O=C(O)C(F)(F)F. The summed E-state index contributed by atoms with van der Waals surface area (Å²) in [6.45, 7) is 5.68. The lowest BCUT2D eigenvalue weighted by Gasteiger charge is -2.29. The van der Waals surface area contributed by atoms with Crippen LogP contribution in [0.5, 0.6) is 0 Å². The highest BCUT2D eigenvalue weighted by Crippen LogP contribution is 2.21. The van der Waals surface area contributed by atoms with E-state index in [0.717, 1.165) is 37.9 Å². The Hall–Kier alpha value is -2.17. The van der Waals surface area contributed by atoms with Gasteiger partial charge in [0.05, 0.1) is 12.6 Å². The number of hydrogen-bond acceptors (Lipinski definition) is 5. The van der Waals surface area contributed by atoms with Crippen molar-refractivity contribution >= 4 is 11.9 Å². The molecule has 0 radical (unpaired) electrons. The molecule has 2 atom stereocenters. The summed E-state index contributed by atoms with van der Waals surface area (Å²) in [7, 11) is 1.70. The molecule has 0 unspecified atom stereocenters. The smallest absolute Gasteiger partial charge is 0.475 e. The van der Waals surface area contributed by atoms with Crippen molar-refractivity contribution < 1.29 is 37.7 Å². The first-order valence-electron chi connectivity index (χ1n) is 12.7. The minimum absolute atomic E-state index is 0.0569. The highest BCUT2D eigenvalue weighted by Gasteiger charge is 2.38. The summed E-state index contributed by atoms with van der Waals surface area (Å²) in [6, 6.07) is 7.76. The van der Waals surface area contributed by atoms with E-state index < -0.39 is 18.2 Å². The van der Waals surface area contributed by atoms with Crippen LogP contribution in [0.2, 0.25) is 0 Å². The summed E-state index contributed by atoms with van der Waals surface area (Å²) in [4.78, 5) is 23.8. The van der Waals surface area contributed by atoms with Gasteiger partial charge in [0.25, 0.3) is 0 Å². The number of methoxy groups -OCH3 is 1. The highest BCUT2D eigenvalue weighted by molar-refractivity contribution is 5.76. The summed E-state index contributed by atoms with van der Waals surface area (Å²) in [5, 5.41) is 21.3. The molecule has 2 rings (SSSR count). The number of carboxylic acid groups (broad SMARTS) is 1. The average molecular weight is 519 g/mol. The average Bonchev–Trinajstić information content (AvgIpc) is 3.35. The van der Waals surface area contributed by atoms with E-state index in [0.29, 0.717) is 19.6 Å². The van der Waals surface area contributed by atoms with Crippen LogP contribution in [-0.2, 0) is 20.7 Å². The predicted molar refractivity (Wildman–Crippen MR) is 132 cm³/mol. The minimum Gasteiger partial charge on any atom is -0.475 e. The third-order valence-electron chi connectivity index (χ3n) is 6.05. The number of aliphatic hydroxyl groups excluding tert-OH is 1. The zero-order valence-corrected chi connectivity index (χ0v) is 21.4. The van der Waals surface area contributed by atoms with Crippen molar-refractivity contribution in [2.75, 3.05) is 33.4 Å². The first-order valence-corrected chi connectivity index (χ1v) is 12.7. The van der Waals surface area contributed by atoms with Gasteiger partial charge in [-0.25, -0.2) is 4.79 Å². The van der Waals surface area contributed by atoms with Crippen molar-refractivity contribution in [1.29, 1.82) is 0 Å². The number of nitrogens with zero attached hydrogens (tertiary/aromatic N) is 1. The molecule has 1 aliphatic heterocycles. The Morgan fingerprint density at radius 1 is 1.08 bits per heavy atom. The first kappa shape index (κ1) is 31.9. The van der Waals surface area contributed by atoms with E-state index in [1.165, 1.54) is 37.7 Å². The fourth-order valence-electron chi connectivity index (χ4n) is 3.97. The van der Waals surface area contributed by atoms with E-state index in [9.17, 15) is 23.1 Å². The second-order valence-electron chi connectivity index (χ2n) is 9.08. The van der Waals surface area contributed by atoms with Crippen LogP contribution in [0.4, 0.5) is 13.2 Å². The van der Waals surface area contributed by atoms with Gasteiger partial charge >= 0.3 is 12.1 Å². The van der Waals surface area contributed by atoms with Crippen molar-refractivity contribution in [3.05, 3.63) is 35.4 Å². The molecule has 1 aliphatic rings. The number of alkyl halides is 3. The summed E-state index contributed by atoms with van der Waals surface area (Å²) in [5.74, 6) is -2.70. The van der Waals surface area contributed by atoms with Gasteiger partial charge < -0.3 is 25.2 Å². The van der Waals surface area contributed by atoms with Gasteiger partial charge in [0.2, 0.25) is 5.91 Å². The monoisotopic (exact) mass is 518 g/mol. The molecule has 0 aliphatic carbocycles. The van der Waals surface area contributed by atoms with Gasteiger partial charge in [0, 0.05) is 20.1 Å². The number of benzene rings is 1. The first-order chi connectivity index (χ1) is 17.1. The topological polar surface area (TPSA) is 99.1 Å². The summed E-state index contributed by atoms with van der Waals surface area (Å²) in [5.41, 5.74) is 2.05. The number of amides is 1. The number of hydrogen-bond donors (Lipinski definition) is 3. The van der Waals surface area contributed by atoms with Crippen LogP contribution >= 0.6 is 0 Å². The molecule has 3 N–H and O–H groups in total. The highest BCUT2D eigenvalue weighted by atomic mass is 19.4. The lowest BCUT2D eigenvalue weighted by atomic mass is 9.99. The van der Waals surface area contributed by atoms with Crippen LogP contribution in [-0.4, -0.2) is 72.6 Å². The van der Waals surface area contributed by atoms with Gasteiger partial charge in [-0.05, 0) is 49.9 Å². The van der Waals surface area contributed by atoms with Gasteiger partial charge in [-0.15, -0.1) is 0 Å². The maximum atomic E-state index is 12.5. The number of unbranched alkanes of at least 4 members (excludes halogenated alkanes) is 4. The molecule has 1 aromatic carbocycles. The van der Waals surface area contributed by atoms with E-state index in [1.807, 2.05) is 24.3 Å². The second-order valence-corrected chi connectivity index (χ2v) is 9.08. The van der Waals surface area contributed by atoms with Gasteiger partial charge in [0.15, 0.2) is 0 Å². The molecule has 0 aromatic heterocycles. The van der Waals surface area contributed by atoms with Crippen LogP contribution < -0.4 is 5.32 Å². The number of likely N-dealkylation sites (tertiary alicyclic amines) is 1. The number of rotatable bonds is 14. The molecule has 1 heterocycles. The van der Waals surface area contributed by atoms with Crippen molar-refractivity contribution in [1.82, 2.24) is 10.2 Å². The van der Waals surface area contributed by atoms with E-state index in [1.54, 1.807) is 7.11 Å². The maximum Gasteiger partial charge on any atom is 0.490 e. The molecule has 10 heteroatoms. The largest absolute Gasteiger partial charge is 0.490 e. The minimum atomic E-state index is -5.08. The molecule has 0 saturated carbocycles. The number of carboxylic acids is 1. The Morgan fingerprint density at radius 2 is 1.67 bits per heavy atom. The third kappa shape index (κ3) is 13.2. The predicted octanol–water partition coefficient (Wildman–Crippen LogP) is 4.48. The lowest BCUT2D eigenvalue weighted by molar-refractivity contribution is -0.192. The Bertz CT molecular complexity index is 753. The van der Waals surface area contributed by atoms with E-state index >= 15 is 0 Å². The lowest BCUT2D eigenvalue weighted by Crippen LogP contribution is -2.46. The van der Waals surface area contributed by atoms with E-state index in [2.05, 4.69) is 17.1 Å². The number of halogens is 3. The molecular weight excluding hydrogens is 477 g/mol. The van der Waals surface area contributed by atoms with Crippen molar-refractivity contribution in [2.24, 2.45) is 0 Å². The number of aliphatic carboxylic acids is 1. The summed E-state index contributed by atoms with van der Waals surface area (Å²) in [6.07, 6.45) is 3.68. The number of nitrogens with one attached hydrogen (secondary N) is 1. The molecule has 206 valence electrons. The van der Waals surface area contributed by atoms with Crippen LogP contribution in [0, 0.1) is 0 Å². The molecule has 1 saturated heterocycles. The number of carbonyl (C=O) groups excluding carboxylic acids is 1. The fourth-order valence-corrected chi connectivity index (χ4v) is 3.97. The molecule has 0 bridgehead atoms. The summed E-state index contributed by atoms with van der Waals surface area (Å²) >= 11 is 0. The van der Waals surface area contributed by atoms with Gasteiger partial charge in [-0.3, -0.25) is 4.79 Å². The molecule has 7 nitrogen and oxygen atoms in total. The molecule has 1 fully saturated rings. The zero-order chi connectivity index (χ0) is 27.0. The normalized spacial score (nSPS) is 15.6. The van der Waals surface area contributed by atoms with Crippen molar-refractivity contribution in [2.45, 2.75) is 83.0 Å². The van der Waals surface area contributed by atoms with Crippen LogP contribution in [0.3, 0.4) is 0 Å². The van der Waals surface area contributed by atoms with Gasteiger partial charge in [-0.2, -0.15) is 13.2 Å². The zero-order valence-electron chi connectivity index (χ0n) is 21.4. The quantitative estimate of drug-likeness (QED) is 0.314. The Morgan fingerprint density at radius 3 is 2.19 bits per heavy atom. The second kappa shape index (κ2) is 17.3. The van der Waals surface area contributed by atoms with Crippen LogP contribution in [0.1, 0.15) is 75.5 Å². The number of ether oxygens (including phenoxy) is 1. The van der Waals surface area contributed by atoms with E-state index in [-0.39, 0.29) is 11.9 Å². The molecule has 36 heavy (non-hydrogen) atoms. The number of aliphatic hydroxyl groups is 1. The Balaban J connectivity index is 0.000000809. The van der Waals surface area contributed by atoms with Gasteiger partial charge in [0.1, 0.15) is 6.10 Å². The fraction of sp³-hybridized carbons (Fsp3) is 0.692. The van der Waals surface area contributed by atoms with Crippen LogP contribution in [0.15, 0.2) is 24.3 Å². The van der Waals surface area contributed by atoms with Crippen LogP contribution in [0.25, 0.3) is 0 Å². The Labute approximate surface area is 212 Å². The Kier molecular flexibility index (Phi) is 15.3. The van der Waals surface area contributed by atoms with Gasteiger partial charge in [-0.1, -0.05) is 56.9 Å². The molecule has 1 amide bonds. The molecular formula is C26H41F3N2O5.